The van der Waals surface area contributed by atoms with Crippen molar-refractivity contribution in [3.05, 3.63) is 88.3 Å². The third-order valence-corrected chi connectivity index (χ3v) is 7.72. The number of nitrogens with zero attached hydrogens (tertiary/aromatic N) is 2. The average Bonchev–Trinajstić information content (AvgIpc) is 3.04. The molecular formula is C32H38N4O6. The van der Waals surface area contributed by atoms with Crippen LogP contribution in [0, 0.1) is 4.91 Å². The van der Waals surface area contributed by atoms with Crippen molar-refractivity contribution in [3.8, 4) is 17.2 Å². The maximum atomic E-state index is 11.8. The summed E-state index contributed by atoms with van der Waals surface area (Å²) in [7, 11) is 3.32. The van der Waals surface area contributed by atoms with Gasteiger partial charge in [-0.15, -0.1) is 0 Å². The molecular weight excluding hydrogens is 536 g/mol. The van der Waals surface area contributed by atoms with Crippen LogP contribution in [0.5, 0.6) is 17.2 Å². The van der Waals surface area contributed by atoms with E-state index in [1.54, 1.807) is 38.4 Å². The van der Waals surface area contributed by atoms with Gasteiger partial charge in [-0.2, -0.15) is 4.91 Å². The second-order valence-electron chi connectivity index (χ2n) is 10.5. The Balaban J connectivity index is 1.26. The van der Waals surface area contributed by atoms with E-state index in [2.05, 4.69) is 26.8 Å². The predicted molar refractivity (Wildman–Crippen MR) is 161 cm³/mol. The Morgan fingerprint density at radius 1 is 1.07 bits per heavy atom. The molecule has 10 nitrogen and oxygen atoms in total. The third-order valence-electron chi connectivity index (χ3n) is 7.72. The van der Waals surface area contributed by atoms with E-state index in [9.17, 15) is 9.70 Å². The van der Waals surface area contributed by atoms with Crippen molar-refractivity contribution >= 4 is 11.6 Å². The Morgan fingerprint density at radius 2 is 1.83 bits per heavy atom. The van der Waals surface area contributed by atoms with Gasteiger partial charge in [0.2, 0.25) is 0 Å². The molecule has 0 aliphatic carbocycles. The average molecular weight is 575 g/mol. The molecule has 2 heterocycles. The molecule has 0 saturated carbocycles. The summed E-state index contributed by atoms with van der Waals surface area (Å²) < 4.78 is 23.5. The van der Waals surface area contributed by atoms with E-state index < -0.39 is 6.04 Å². The molecule has 3 atom stereocenters. The van der Waals surface area contributed by atoms with Gasteiger partial charge in [-0.3, -0.25) is 4.79 Å². The fourth-order valence-corrected chi connectivity index (χ4v) is 5.53. The largest absolute Gasteiger partial charge is 0.490 e. The molecule has 0 aromatic heterocycles. The molecule has 222 valence electrons. The van der Waals surface area contributed by atoms with Gasteiger partial charge in [0.15, 0.2) is 0 Å². The summed E-state index contributed by atoms with van der Waals surface area (Å²) in [6.07, 6.45) is 0.704. The van der Waals surface area contributed by atoms with E-state index in [4.69, 9.17) is 18.9 Å². The zero-order valence-corrected chi connectivity index (χ0v) is 24.1. The minimum absolute atomic E-state index is 0.149. The van der Waals surface area contributed by atoms with E-state index in [1.807, 2.05) is 36.4 Å². The van der Waals surface area contributed by atoms with E-state index in [1.165, 1.54) is 0 Å². The number of hydrogen-bond donors (Lipinski definition) is 2. The molecule has 1 fully saturated rings. The maximum Gasteiger partial charge on any atom is 0.251 e. The number of nitrogens with one attached hydrogen (secondary N) is 2. The molecule has 1 amide bonds. The number of rotatable bonds is 12. The van der Waals surface area contributed by atoms with Crippen LogP contribution in [-0.2, 0) is 16.1 Å². The minimum atomic E-state index is -0.457. The Morgan fingerprint density at radius 3 is 2.55 bits per heavy atom. The van der Waals surface area contributed by atoms with E-state index >= 15 is 0 Å². The molecule has 42 heavy (non-hydrogen) atoms. The first kappa shape index (κ1) is 29.5. The summed E-state index contributed by atoms with van der Waals surface area (Å²) >= 11 is 0. The number of hydrogen-bond acceptors (Lipinski definition) is 9. The zero-order valence-electron chi connectivity index (χ0n) is 24.1. The van der Waals surface area contributed by atoms with Crippen LogP contribution in [-0.4, -0.2) is 71.6 Å². The molecule has 0 bridgehead atoms. The summed E-state index contributed by atoms with van der Waals surface area (Å²) in [5, 5.41) is 9.35. The molecule has 2 N–H and O–H groups in total. The number of amides is 1. The number of carbonyl (C=O) groups excluding carboxylic acids is 1. The molecule has 0 radical (unpaired) electrons. The molecule has 5 rings (SSSR count). The van der Waals surface area contributed by atoms with Crippen LogP contribution in [0.2, 0.25) is 0 Å². The predicted octanol–water partition coefficient (Wildman–Crippen LogP) is 4.48. The Hall–Kier alpha value is -3.99. The van der Waals surface area contributed by atoms with Gasteiger partial charge in [-0.25, -0.2) is 0 Å². The molecule has 0 spiro atoms. The van der Waals surface area contributed by atoms with Gasteiger partial charge in [0.05, 0.1) is 24.9 Å². The fourth-order valence-electron chi connectivity index (χ4n) is 5.53. The molecule has 3 aromatic carbocycles. The lowest BCUT2D eigenvalue weighted by molar-refractivity contribution is 0.00539. The van der Waals surface area contributed by atoms with Crippen LogP contribution in [0.15, 0.2) is 71.9 Å². The van der Waals surface area contributed by atoms with Crippen LogP contribution < -0.4 is 25.0 Å². The number of methoxy groups -OCH3 is 1. The lowest BCUT2D eigenvalue weighted by Crippen LogP contribution is -2.48. The van der Waals surface area contributed by atoms with Gasteiger partial charge in [0, 0.05) is 51.9 Å². The molecule has 1 saturated heterocycles. The highest BCUT2D eigenvalue weighted by molar-refractivity contribution is 5.94. The summed E-state index contributed by atoms with van der Waals surface area (Å²) in [6.45, 7) is 4.64. The van der Waals surface area contributed by atoms with Crippen LogP contribution in [0.4, 0.5) is 5.69 Å². The zero-order chi connectivity index (χ0) is 29.3. The monoisotopic (exact) mass is 574 g/mol. The van der Waals surface area contributed by atoms with Gasteiger partial charge in [-0.1, -0.05) is 23.4 Å². The molecule has 0 unspecified atom stereocenters. The molecule has 2 aliphatic heterocycles. The molecule has 3 aromatic rings. The molecule has 10 heteroatoms. The van der Waals surface area contributed by atoms with Gasteiger partial charge >= 0.3 is 0 Å². The standard InChI is InChI=1S/C32H38N4O6/c1-33-32(37)24-7-11-26(12-8-24)42-25-9-5-23(6-10-25)31-27(35-38)19-34-20-30(31)41-21-22-4-13-29-28(18-22)36(15-17-40-29)14-3-16-39-2/h4-13,18,27,30-31,34H,3,14-17,19-21H2,1-2H3,(H,33,37)/t27-,30+,31+/m1/s1. The summed E-state index contributed by atoms with van der Waals surface area (Å²) in [6, 6.07) is 20.4. The van der Waals surface area contributed by atoms with Crippen LogP contribution in [0.3, 0.4) is 0 Å². The number of benzene rings is 3. The Kier molecular flexibility index (Phi) is 10.0. The summed E-state index contributed by atoms with van der Waals surface area (Å²) in [5.74, 6) is 1.81. The van der Waals surface area contributed by atoms with Crippen LogP contribution in [0.25, 0.3) is 0 Å². The van der Waals surface area contributed by atoms with Crippen molar-refractivity contribution < 1.29 is 23.7 Å². The van der Waals surface area contributed by atoms with Gasteiger partial charge in [-0.05, 0) is 66.1 Å². The topological polar surface area (TPSA) is 111 Å². The highest BCUT2D eigenvalue weighted by Gasteiger charge is 2.36. The Bertz CT molecular complexity index is 1330. The van der Waals surface area contributed by atoms with Crippen LogP contribution >= 0.6 is 0 Å². The van der Waals surface area contributed by atoms with Gasteiger partial charge in [0.1, 0.15) is 29.9 Å². The summed E-state index contributed by atoms with van der Waals surface area (Å²) in [5.41, 5.74) is 3.65. The molecule has 2 aliphatic rings. The first-order chi connectivity index (χ1) is 20.6. The minimum Gasteiger partial charge on any atom is -0.490 e. The van der Waals surface area contributed by atoms with E-state index in [0.717, 1.165) is 48.7 Å². The first-order valence-corrected chi connectivity index (χ1v) is 14.3. The number of carbonyl (C=O) groups is 1. The smallest absolute Gasteiger partial charge is 0.251 e. The highest BCUT2D eigenvalue weighted by atomic mass is 16.5. The van der Waals surface area contributed by atoms with E-state index in [-0.39, 0.29) is 17.9 Å². The SMILES string of the molecule is CNC(=O)c1ccc(Oc2ccc([C@@H]3[C@@H](OCc4ccc5c(c4)N(CCCOC)CCO5)CNC[C@H]3N=O)cc2)cc1. The van der Waals surface area contributed by atoms with E-state index in [0.29, 0.717) is 43.4 Å². The maximum absolute atomic E-state index is 11.8. The number of anilines is 1. The lowest BCUT2D eigenvalue weighted by Gasteiger charge is -2.36. The van der Waals surface area contributed by atoms with Gasteiger partial charge < -0.3 is 34.5 Å². The summed E-state index contributed by atoms with van der Waals surface area (Å²) in [4.78, 5) is 26.0. The van der Waals surface area contributed by atoms with Crippen molar-refractivity contribution in [2.75, 3.05) is 58.5 Å². The quantitative estimate of drug-likeness (QED) is 0.241. The van der Waals surface area contributed by atoms with Crippen molar-refractivity contribution in [2.45, 2.75) is 31.1 Å². The normalized spacial score (nSPS) is 19.9. The number of nitroso groups, excluding NO2 is 1. The van der Waals surface area contributed by atoms with Crippen LogP contribution in [0.1, 0.15) is 33.8 Å². The van der Waals surface area contributed by atoms with Crippen molar-refractivity contribution in [1.29, 1.82) is 0 Å². The second kappa shape index (κ2) is 14.3. The Labute approximate surface area is 246 Å². The number of ether oxygens (including phenoxy) is 4. The number of piperidine rings is 1. The lowest BCUT2D eigenvalue weighted by atomic mass is 9.84. The first-order valence-electron chi connectivity index (χ1n) is 14.3. The third kappa shape index (κ3) is 7.07. The second-order valence-corrected chi connectivity index (χ2v) is 10.5. The van der Waals surface area contributed by atoms with Gasteiger partial charge in [0.25, 0.3) is 5.91 Å². The fraction of sp³-hybridized carbons (Fsp3) is 0.406. The van der Waals surface area contributed by atoms with Crippen molar-refractivity contribution in [3.63, 3.8) is 0 Å². The number of fused-ring (bicyclic) bond motifs is 1. The van der Waals surface area contributed by atoms with Crippen molar-refractivity contribution in [1.82, 2.24) is 10.6 Å². The highest BCUT2D eigenvalue weighted by Crippen LogP contribution is 2.35. The van der Waals surface area contributed by atoms with Crippen molar-refractivity contribution in [2.24, 2.45) is 5.18 Å².